The molecule has 3 rings (SSSR count). The van der Waals surface area contributed by atoms with Crippen LogP contribution in [0.2, 0.25) is 0 Å². The van der Waals surface area contributed by atoms with Gasteiger partial charge in [0.15, 0.2) is 0 Å². The monoisotopic (exact) mass is 310 g/mol. The summed E-state index contributed by atoms with van der Waals surface area (Å²) in [5.74, 6) is 0.712. The molecule has 1 N–H and O–H groups in total. The highest BCUT2D eigenvalue weighted by Crippen LogP contribution is 2.35. The van der Waals surface area contributed by atoms with Crippen LogP contribution in [0.5, 0.6) is 5.75 Å². The van der Waals surface area contributed by atoms with Gasteiger partial charge in [-0.15, -0.1) is 0 Å². The van der Waals surface area contributed by atoms with Crippen LogP contribution in [-0.2, 0) is 10.0 Å². The molecular formula is C15H22N2O3S. The quantitative estimate of drug-likeness (QED) is 0.911. The minimum atomic E-state index is -3.39. The SMILES string of the molecule is CC1(C)CNc2cc(S(=O)(=O)N3CCCCC3)ccc2O1. The van der Waals surface area contributed by atoms with Gasteiger partial charge in [0.1, 0.15) is 11.4 Å². The molecular weight excluding hydrogens is 288 g/mol. The maximum atomic E-state index is 12.7. The number of nitrogens with one attached hydrogen (secondary N) is 1. The van der Waals surface area contributed by atoms with Crippen molar-refractivity contribution in [3.8, 4) is 5.75 Å². The number of rotatable bonds is 2. The average molecular weight is 310 g/mol. The van der Waals surface area contributed by atoms with Gasteiger partial charge >= 0.3 is 0 Å². The van der Waals surface area contributed by atoms with E-state index < -0.39 is 10.0 Å². The topological polar surface area (TPSA) is 58.6 Å². The lowest BCUT2D eigenvalue weighted by atomic mass is 10.1. The van der Waals surface area contributed by atoms with E-state index in [-0.39, 0.29) is 5.60 Å². The number of hydrogen-bond acceptors (Lipinski definition) is 4. The third-order valence-corrected chi connectivity index (χ3v) is 5.89. The number of fused-ring (bicyclic) bond motifs is 1. The number of sulfonamides is 1. The van der Waals surface area contributed by atoms with Crippen molar-refractivity contribution >= 4 is 15.7 Å². The maximum Gasteiger partial charge on any atom is 0.243 e. The normalized spacial score (nSPS) is 22.0. The number of benzene rings is 1. The standard InChI is InChI=1S/C15H22N2O3S/c1-15(2)11-16-13-10-12(6-7-14(13)20-15)21(18,19)17-8-4-3-5-9-17/h6-7,10,16H,3-5,8-9,11H2,1-2H3. The molecule has 1 saturated heterocycles. The van der Waals surface area contributed by atoms with Crippen molar-refractivity contribution in [3.05, 3.63) is 18.2 Å². The molecule has 0 aromatic heterocycles. The highest BCUT2D eigenvalue weighted by atomic mass is 32.2. The van der Waals surface area contributed by atoms with Crippen molar-refractivity contribution < 1.29 is 13.2 Å². The Labute approximate surface area is 126 Å². The van der Waals surface area contributed by atoms with Crippen LogP contribution in [0.3, 0.4) is 0 Å². The Morgan fingerprint density at radius 2 is 1.90 bits per heavy atom. The molecule has 1 aromatic rings. The Kier molecular flexibility index (Phi) is 3.61. The third-order valence-electron chi connectivity index (χ3n) is 3.99. The summed E-state index contributed by atoms with van der Waals surface area (Å²) < 4.78 is 32.8. The number of anilines is 1. The van der Waals surface area contributed by atoms with Gasteiger partial charge in [-0.25, -0.2) is 8.42 Å². The molecule has 1 fully saturated rings. The van der Waals surface area contributed by atoms with E-state index in [0.29, 0.717) is 30.3 Å². The van der Waals surface area contributed by atoms with E-state index in [2.05, 4.69) is 5.32 Å². The van der Waals surface area contributed by atoms with Gasteiger partial charge in [0, 0.05) is 13.1 Å². The van der Waals surface area contributed by atoms with Gasteiger partial charge in [0.2, 0.25) is 10.0 Å². The molecule has 0 radical (unpaired) electrons. The molecule has 0 aliphatic carbocycles. The van der Waals surface area contributed by atoms with Crippen LogP contribution in [0.15, 0.2) is 23.1 Å². The zero-order valence-corrected chi connectivity index (χ0v) is 13.4. The van der Waals surface area contributed by atoms with Gasteiger partial charge < -0.3 is 10.1 Å². The fourth-order valence-electron chi connectivity index (χ4n) is 2.79. The zero-order valence-electron chi connectivity index (χ0n) is 12.6. The van der Waals surface area contributed by atoms with Gasteiger partial charge in [-0.1, -0.05) is 6.42 Å². The van der Waals surface area contributed by atoms with E-state index in [0.717, 1.165) is 24.9 Å². The molecule has 2 aliphatic heterocycles. The van der Waals surface area contributed by atoms with Crippen LogP contribution in [0.25, 0.3) is 0 Å². The first-order valence-corrected chi connectivity index (χ1v) is 8.90. The summed E-state index contributed by atoms with van der Waals surface area (Å²) in [6.45, 7) is 5.91. The second-order valence-corrected chi connectivity index (χ2v) is 8.28. The number of nitrogens with zero attached hydrogens (tertiary/aromatic N) is 1. The summed E-state index contributed by atoms with van der Waals surface area (Å²) in [7, 11) is -3.39. The Morgan fingerprint density at radius 1 is 1.19 bits per heavy atom. The van der Waals surface area contributed by atoms with Crippen molar-refractivity contribution in [2.75, 3.05) is 25.0 Å². The van der Waals surface area contributed by atoms with Gasteiger partial charge in [-0.2, -0.15) is 4.31 Å². The summed E-state index contributed by atoms with van der Waals surface area (Å²) in [5, 5.41) is 3.26. The van der Waals surface area contributed by atoms with E-state index in [1.165, 1.54) is 0 Å². The second-order valence-electron chi connectivity index (χ2n) is 6.34. The highest BCUT2D eigenvalue weighted by Gasteiger charge is 2.30. The Bertz CT molecular complexity index is 634. The van der Waals surface area contributed by atoms with Crippen LogP contribution >= 0.6 is 0 Å². The van der Waals surface area contributed by atoms with Crippen LogP contribution in [-0.4, -0.2) is 38.0 Å². The minimum absolute atomic E-state index is 0.278. The first-order valence-electron chi connectivity index (χ1n) is 7.46. The van der Waals surface area contributed by atoms with Gasteiger partial charge in [-0.05, 0) is 44.9 Å². The largest absolute Gasteiger partial charge is 0.484 e. The number of hydrogen-bond donors (Lipinski definition) is 1. The fourth-order valence-corrected chi connectivity index (χ4v) is 4.34. The molecule has 6 heteroatoms. The van der Waals surface area contributed by atoms with Crippen LogP contribution in [0, 0.1) is 0 Å². The van der Waals surface area contributed by atoms with Gasteiger partial charge in [-0.3, -0.25) is 0 Å². The summed E-state index contributed by atoms with van der Waals surface area (Å²) in [4.78, 5) is 0.346. The third kappa shape index (κ3) is 2.87. The molecule has 0 bridgehead atoms. The number of ether oxygens (including phenoxy) is 1. The van der Waals surface area contributed by atoms with E-state index >= 15 is 0 Å². The fraction of sp³-hybridized carbons (Fsp3) is 0.600. The van der Waals surface area contributed by atoms with Crippen molar-refractivity contribution in [1.29, 1.82) is 0 Å². The van der Waals surface area contributed by atoms with Crippen molar-refractivity contribution in [1.82, 2.24) is 4.31 Å². The molecule has 5 nitrogen and oxygen atoms in total. The molecule has 0 spiro atoms. The van der Waals surface area contributed by atoms with E-state index in [1.54, 1.807) is 22.5 Å². The van der Waals surface area contributed by atoms with Crippen LogP contribution < -0.4 is 10.1 Å². The second kappa shape index (κ2) is 5.18. The highest BCUT2D eigenvalue weighted by molar-refractivity contribution is 7.89. The lowest BCUT2D eigenvalue weighted by Crippen LogP contribution is -2.40. The molecule has 116 valence electrons. The van der Waals surface area contributed by atoms with Crippen LogP contribution in [0.4, 0.5) is 5.69 Å². The molecule has 0 atom stereocenters. The minimum Gasteiger partial charge on any atom is -0.484 e. The lowest BCUT2D eigenvalue weighted by Gasteiger charge is -2.34. The lowest BCUT2D eigenvalue weighted by molar-refractivity contribution is 0.116. The van der Waals surface area contributed by atoms with E-state index in [9.17, 15) is 8.42 Å². The van der Waals surface area contributed by atoms with Crippen molar-refractivity contribution in [2.45, 2.75) is 43.6 Å². The van der Waals surface area contributed by atoms with E-state index in [1.807, 2.05) is 13.8 Å². The van der Waals surface area contributed by atoms with Crippen LogP contribution in [0.1, 0.15) is 33.1 Å². The predicted octanol–water partition coefficient (Wildman–Crippen LogP) is 2.44. The Morgan fingerprint density at radius 3 is 2.62 bits per heavy atom. The smallest absolute Gasteiger partial charge is 0.243 e. The average Bonchev–Trinajstić information content (AvgIpc) is 2.46. The van der Waals surface area contributed by atoms with Gasteiger partial charge in [0.05, 0.1) is 17.1 Å². The molecule has 21 heavy (non-hydrogen) atoms. The predicted molar refractivity (Wildman–Crippen MR) is 82.2 cm³/mol. The van der Waals surface area contributed by atoms with Crippen molar-refractivity contribution in [2.24, 2.45) is 0 Å². The maximum absolute atomic E-state index is 12.7. The number of piperidine rings is 1. The first kappa shape index (κ1) is 14.7. The molecule has 0 saturated carbocycles. The summed E-state index contributed by atoms with van der Waals surface area (Å²) in [6.07, 6.45) is 3.00. The van der Waals surface area contributed by atoms with Gasteiger partial charge in [0.25, 0.3) is 0 Å². The summed E-state index contributed by atoms with van der Waals surface area (Å²) in [6, 6.07) is 5.08. The zero-order chi connectivity index (χ0) is 15.1. The Balaban J connectivity index is 1.90. The molecule has 0 amide bonds. The Hall–Kier alpha value is -1.27. The first-order chi connectivity index (χ1) is 9.88. The van der Waals surface area contributed by atoms with E-state index in [4.69, 9.17) is 4.74 Å². The summed E-state index contributed by atoms with van der Waals surface area (Å²) in [5.41, 5.74) is 0.479. The molecule has 2 heterocycles. The molecule has 2 aliphatic rings. The van der Waals surface area contributed by atoms with Crippen molar-refractivity contribution in [3.63, 3.8) is 0 Å². The molecule has 0 unspecified atom stereocenters. The molecule has 1 aromatic carbocycles. The summed E-state index contributed by atoms with van der Waals surface area (Å²) >= 11 is 0.